The lowest BCUT2D eigenvalue weighted by Crippen LogP contribution is -2.26. The zero-order chi connectivity index (χ0) is 20.3. The van der Waals surface area contributed by atoms with Crippen LogP contribution in [0.15, 0.2) is 40.3 Å². The number of aryl methyl sites for hydroxylation is 1. The second-order valence-electron chi connectivity index (χ2n) is 5.82. The molecule has 0 fully saturated rings. The number of nitrogens with zero attached hydrogens (tertiary/aromatic N) is 4. The lowest BCUT2D eigenvalue weighted by Gasteiger charge is -2.11. The first-order valence-corrected chi connectivity index (χ1v) is 8.49. The maximum Gasteiger partial charge on any atom is 0.296 e. The molecule has 0 atom stereocenters. The topological polar surface area (TPSA) is 126 Å². The number of nitrogens with one attached hydrogen (secondary N) is 2. The highest BCUT2D eigenvalue weighted by atomic mass is 35.5. The molecule has 1 aromatic carbocycles. The van der Waals surface area contributed by atoms with Gasteiger partial charge in [0.05, 0.1) is 35.8 Å². The normalized spacial score (nSPS) is 10.4. The van der Waals surface area contributed by atoms with Crippen LogP contribution in [0.25, 0.3) is 0 Å². The van der Waals surface area contributed by atoms with Crippen LogP contribution in [0.3, 0.4) is 0 Å². The molecule has 0 saturated carbocycles. The molecule has 2 N–H and O–H groups in total. The highest BCUT2D eigenvalue weighted by molar-refractivity contribution is 6.30. The third kappa shape index (κ3) is 4.02. The van der Waals surface area contributed by atoms with E-state index in [0.29, 0.717) is 22.2 Å². The van der Waals surface area contributed by atoms with Gasteiger partial charge in [-0.1, -0.05) is 11.6 Å². The molecule has 3 aromatic rings. The first kappa shape index (κ1) is 19.1. The quantitative estimate of drug-likeness (QED) is 0.673. The minimum Gasteiger partial charge on any atom is -0.450 e. The predicted octanol–water partition coefficient (Wildman–Crippen LogP) is 2.04. The summed E-state index contributed by atoms with van der Waals surface area (Å²) in [5, 5.41) is 12.1. The molecule has 0 spiro atoms. The molecule has 0 aliphatic heterocycles. The van der Waals surface area contributed by atoms with Gasteiger partial charge in [0, 0.05) is 18.3 Å². The maximum absolute atomic E-state index is 12.8. The molecule has 0 bridgehead atoms. The van der Waals surface area contributed by atoms with Crippen molar-refractivity contribution in [3.8, 4) is 17.6 Å². The van der Waals surface area contributed by atoms with Crippen molar-refractivity contribution in [3.05, 3.63) is 73.3 Å². The first-order valence-electron chi connectivity index (χ1n) is 8.12. The summed E-state index contributed by atoms with van der Waals surface area (Å²) in [6.07, 6.45) is 2.71. The van der Waals surface area contributed by atoms with E-state index < -0.39 is 5.56 Å². The minimum absolute atomic E-state index is 0.0233. The van der Waals surface area contributed by atoms with Crippen LogP contribution in [0.2, 0.25) is 5.02 Å². The van der Waals surface area contributed by atoms with Crippen molar-refractivity contribution >= 4 is 17.5 Å². The number of halogens is 1. The number of aromatic amines is 1. The Balaban J connectivity index is 1.97. The van der Waals surface area contributed by atoms with Crippen LogP contribution in [0.1, 0.15) is 16.8 Å². The van der Waals surface area contributed by atoms with E-state index in [1.54, 1.807) is 14.0 Å². The largest absolute Gasteiger partial charge is 0.450 e. The molecule has 9 nitrogen and oxygen atoms in total. The number of rotatable bonds is 5. The monoisotopic (exact) mass is 398 g/mol. The summed E-state index contributed by atoms with van der Waals surface area (Å²) >= 11 is 5.97. The van der Waals surface area contributed by atoms with Gasteiger partial charge in [0.1, 0.15) is 5.75 Å². The number of hydrogen-bond donors (Lipinski definition) is 2. The van der Waals surface area contributed by atoms with Crippen LogP contribution >= 0.6 is 11.6 Å². The highest BCUT2D eigenvalue weighted by Crippen LogP contribution is 2.25. The summed E-state index contributed by atoms with van der Waals surface area (Å²) < 4.78 is 6.90. The van der Waals surface area contributed by atoms with E-state index in [1.807, 2.05) is 6.07 Å². The molecule has 142 valence electrons. The van der Waals surface area contributed by atoms with Crippen molar-refractivity contribution in [2.75, 3.05) is 12.4 Å². The Kier molecular flexibility index (Phi) is 5.42. The number of hydrogen-bond acceptors (Lipinski definition) is 7. The van der Waals surface area contributed by atoms with E-state index in [9.17, 15) is 9.59 Å². The van der Waals surface area contributed by atoms with Crippen molar-refractivity contribution in [1.82, 2.24) is 19.5 Å². The van der Waals surface area contributed by atoms with E-state index in [4.69, 9.17) is 21.6 Å². The first-order chi connectivity index (χ1) is 13.4. The predicted molar refractivity (Wildman–Crippen MR) is 103 cm³/mol. The van der Waals surface area contributed by atoms with Gasteiger partial charge in [-0.3, -0.25) is 19.1 Å². The second-order valence-corrected chi connectivity index (χ2v) is 6.25. The SMILES string of the molecule is CNc1ncc(Cn2cnc(C)c(Oc3cc(Cl)cc(C#N)c3)c2=O)c(=O)[nH]1. The molecule has 3 rings (SSSR count). The third-order valence-electron chi connectivity index (χ3n) is 3.85. The number of benzene rings is 1. The maximum atomic E-state index is 12.8. The fourth-order valence-corrected chi connectivity index (χ4v) is 2.66. The van der Waals surface area contributed by atoms with E-state index in [1.165, 1.54) is 35.3 Å². The molecule has 2 aromatic heterocycles. The van der Waals surface area contributed by atoms with E-state index in [-0.39, 0.29) is 29.2 Å². The summed E-state index contributed by atoms with van der Waals surface area (Å²) in [5.74, 6) is 0.535. The summed E-state index contributed by atoms with van der Waals surface area (Å²) in [7, 11) is 1.63. The van der Waals surface area contributed by atoms with Gasteiger partial charge in [0.2, 0.25) is 11.7 Å². The molecule has 28 heavy (non-hydrogen) atoms. The lowest BCUT2D eigenvalue weighted by atomic mass is 10.2. The highest BCUT2D eigenvalue weighted by Gasteiger charge is 2.14. The fraction of sp³-hybridized carbons (Fsp3) is 0.167. The van der Waals surface area contributed by atoms with Crippen molar-refractivity contribution in [2.45, 2.75) is 13.5 Å². The molecule has 0 unspecified atom stereocenters. The van der Waals surface area contributed by atoms with Crippen LogP contribution in [0.5, 0.6) is 11.5 Å². The average molecular weight is 399 g/mol. The molecule has 0 amide bonds. The van der Waals surface area contributed by atoms with Gasteiger partial charge in [-0.05, 0) is 25.1 Å². The smallest absolute Gasteiger partial charge is 0.296 e. The fourth-order valence-electron chi connectivity index (χ4n) is 2.43. The van der Waals surface area contributed by atoms with Gasteiger partial charge in [-0.2, -0.15) is 5.26 Å². The Labute approximate surface area is 164 Å². The molecule has 0 radical (unpaired) electrons. The van der Waals surface area contributed by atoms with Crippen molar-refractivity contribution in [1.29, 1.82) is 5.26 Å². The second kappa shape index (κ2) is 7.94. The van der Waals surface area contributed by atoms with Gasteiger partial charge in [0.25, 0.3) is 11.1 Å². The van der Waals surface area contributed by atoms with Crippen molar-refractivity contribution in [3.63, 3.8) is 0 Å². The lowest BCUT2D eigenvalue weighted by molar-refractivity contribution is 0.458. The zero-order valence-electron chi connectivity index (χ0n) is 15.0. The van der Waals surface area contributed by atoms with Gasteiger partial charge in [-0.15, -0.1) is 0 Å². The molecular formula is C18H15ClN6O3. The summed E-state index contributed by atoms with van der Waals surface area (Å²) in [5.41, 5.74) is 0.0852. The Morgan fingerprint density at radius 3 is 2.79 bits per heavy atom. The number of ether oxygens (including phenoxy) is 1. The van der Waals surface area contributed by atoms with Crippen LogP contribution in [-0.4, -0.2) is 26.6 Å². The van der Waals surface area contributed by atoms with Crippen LogP contribution in [-0.2, 0) is 6.54 Å². The zero-order valence-corrected chi connectivity index (χ0v) is 15.7. The summed E-state index contributed by atoms with van der Waals surface area (Å²) in [6, 6.07) is 6.41. The van der Waals surface area contributed by atoms with E-state index in [2.05, 4.69) is 20.3 Å². The number of aromatic nitrogens is 4. The molecule has 10 heteroatoms. The standard InChI is InChI=1S/C18H15ClN6O3/c1-10-15(28-14-4-11(6-20)3-13(19)5-14)17(27)25(9-23-10)8-12-7-22-18(21-2)24-16(12)26/h3-5,7,9H,8H2,1-2H3,(H2,21,22,24,26). The molecule has 0 aliphatic carbocycles. The van der Waals surface area contributed by atoms with E-state index >= 15 is 0 Å². The van der Waals surface area contributed by atoms with Gasteiger partial charge in [-0.25, -0.2) is 9.97 Å². The Morgan fingerprint density at radius 2 is 2.11 bits per heavy atom. The molecule has 0 aliphatic rings. The average Bonchev–Trinajstić information content (AvgIpc) is 2.68. The third-order valence-corrected chi connectivity index (χ3v) is 4.06. The van der Waals surface area contributed by atoms with Crippen LogP contribution in [0, 0.1) is 18.3 Å². The van der Waals surface area contributed by atoms with Crippen molar-refractivity contribution in [2.24, 2.45) is 0 Å². The Morgan fingerprint density at radius 1 is 1.32 bits per heavy atom. The van der Waals surface area contributed by atoms with Crippen LogP contribution in [0.4, 0.5) is 5.95 Å². The van der Waals surface area contributed by atoms with Crippen molar-refractivity contribution < 1.29 is 4.74 Å². The summed E-state index contributed by atoms with van der Waals surface area (Å²) in [6.45, 7) is 1.58. The Hall–Kier alpha value is -3.64. The molecule has 2 heterocycles. The molecular weight excluding hydrogens is 384 g/mol. The number of anilines is 1. The molecule has 0 saturated heterocycles. The summed E-state index contributed by atoms with van der Waals surface area (Å²) in [4.78, 5) is 35.7. The van der Waals surface area contributed by atoms with Gasteiger partial charge in [0.15, 0.2) is 0 Å². The van der Waals surface area contributed by atoms with E-state index in [0.717, 1.165) is 0 Å². The van der Waals surface area contributed by atoms with Crippen LogP contribution < -0.4 is 21.2 Å². The van der Waals surface area contributed by atoms with Gasteiger partial charge < -0.3 is 10.1 Å². The minimum atomic E-state index is -0.483. The Bertz CT molecular complexity index is 1200. The van der Waals surface area contributed by atoms with Gasteiger partial charge >= 0.3 is 0 Å². The number of H-pyrrole nitrogens is 1. The number of nitriles is 1.